The van der Waals surface area contributed by atoms with Crippen LogP contribution in [0, 0.1) is 3.57 Å². The summed E-state index contributed by atoms with van der Waals surface area (Å²) >= 11 is 3.44. The van der Waals surface area contributed by atoms with E-state index in [1.54, 1.807) is 35.7 Å². The lowest BCUT2D eigenvalue weighted by atomic mass is 10.2. The van der Waals surface area contributed by atoms with Crippen LogP contribution in [-0.2, 0) is 0 Å². The van der Waals surface area contributed by atoms with Gasteiger partial charge in [0.25, 0.3) is 11.8 Å². The number of carbonyl (C=O) groups excluding carboxylic acids is 2. The molecule has 92 valence electrons. The summed E-state index contributed by atoms with van der Waals surface area (Å²) in [6.45, 7) is 0. The lowest BCUT2D eigenvalue weighted by Gasteiger charge is -2.06. The number of halogens is 1. The van der Waals surface area contributed by atoms with Gasteiger partial charge in [0.2, 0.25) is 0 Å². The van der Waals surface area contributed by atoms with Gasteiger partial charge in [0, 0.05) is 9.13 Å². The molecule has 0 bridgehead atoms. The molecule has 0 aliphatic carbocycles. The normalized spacial score (nSPS) is 9.83. The van der Waals surface area contributed by atoms with Crippen LogP contribution in [-0.4, -0.2) is 11.8 Å². The van der Waals surface area contributed by atoms with Crippen molar-refractivity contribution >= 4 is 45.7 Å². The molecule has 1 aromatic heterocycles. The van der Waals surface area contributed by atoms with Gasteiger partial charge in [-0.1, -0.05) is 12.1 Å². The lowest BCUT2D eigenvalue weighted by molar-refractivity contribution is 0.0849. The first kappa shape index (κ1) is 13.0. The van der Waals surface area contributed by atoms with Gasteiger partial charge in [-0.3, -0.25) is 20.4 Å². The van der Waals surface area contributed by atoms with Gasteiger partial charge in [-0.25, -0.2) is 0 Å². The molecular formula is C12H9IN2O2S. The third-order valence-electron chi connectivity index (χ3n) is 2.12. The number of amides is 2. The van der Waals surface area contributed by atoms with Crippen LogP contribution < -0.4 is 10.9 Å². The van der Waals surface area contributed by atoms with Crippen molar-refractivity contribution in [3.05, 3.63) is 55.8 Å². The first-order valence-corrected chi connectivity index (χ1v) is 7.02. The molecule has 0 aliphatic rings. The van der Waals surface area contributed by atoms with Crippen LogP contribution in [0.25, 0.3) is 0 Å². The number of carbonyl (C=O) groups is 2. The fourth-order valence-corrected chi connectivity index (χ4v) is 2.45. The summed E-state index contributed by atoms with van der Waals surface area (Å²) in [4.78, 5) is 23.9. The zero-order chi connectivity index (χ0) is 13.0. The molecular weight excluding hydrogens is 363 g/mol. The molecule has 1 heterocycles. The highest BCUT2D eigenvalue weighted by Crippen LogP contribution is 2.08. The molecule has 0 atom stereocenters. The van der Waals surface area contributed by atoms with E-state index < -0.39 is 0 Å². The Balaban J connectivity index is 1.95. The standard InChI is InChI=1S/C12H9IN2O2S/c13-9-4-1-3-8(7-9)11(16)14-15-12(17)10-5-2-6-18-10/h1-7H,(H,14,16)(H,15,17). The fraction of sp³-hybridized carbons (Fsp3) is 0. The Kier molecular flexibility index (Phi) is 4.32. The summed E-state index contributed by atoms with van der Waals surface area (Å²) in [6, 6.07) is 10.6. The maximum atomic E-state index is 11.7. The van der Waals surface area contributed by atoms with E-state index in [-0.39, 0.29) is 11.8 Å². The van der Waals surface area contributed by atoms with Crippen LogP contribution in [0.15, 0.2) is 41.8 Å². The minimum absolute atomic E-state index is 0.316. The van der Waals surface area contributed by atoms with Crippen LogP contribution >= 0.6 is 33.9 Å². The quantitative estimate of drug-likeness (QED) is 0.629. The van der Waals surface area contributed by atoms with Crippen molar-refractivity contribution in [2.24, 2.45) is 0 Å². The minimum atomic E-state index is -0.335. The smallest absolute Gasteiger partial charge is 0.267 e. The van der Waals surface area contributed by atoms with Crippen LogP contribution in [0.4, 0.5) is 0 Å². The Morgan fingerprint density at radius 2 is 1.83 bits per heavy atom. The zero-order valence-electron chi connectivity index (χ0n) is 9.14. The van der Waals surface area contributed by atoms with E-state index in [0.717, 1.165) is 3.57 Å². The highest BCUT2D eigenvalue weighted by molar-refractivity contribution is 14.1. The van der Waals surface area contributed by atoms with E-state index in [1.165, 1.54) is 11.3 Å². The molecule has 2 rings (SSSR count). The number of hydrogen-bond donors (Lipinski definition) is 2. The molecule has 0 unspecified atom stereocenters. The number of hydrazine groups is 1. The Hall–Kier alpha value is -1.41. The summed E-state index contributed by atoms with van der Waals surface area (Å²) < 4.78 is 0.963. The number of nitrogens with one attached hydrogen (secondary N) is 2. The summed E-state index contributed by atoms with van der Waals surface area (Å²) in [5.74, 6) is -0.651. The average Bonchev–Trinajstić information content (AvgIpc) is 2.89. The van der Waals surface area contributed by atoms with Crippen LogP contribution in [0.1, 0.15) is 20.0 Å². The molecule has 0 fully saturated rings. The molecule has 2 aromatic rings. The van der Waals surface area contributed by atoms with Gasteiger partial charge in [-0.2, -0.15) is 0 Å². The highest BCUT2D eigenvalue weighted by Gasteiger charge is 2.09. The third-order valence-corrected chi connectivity index (χ3v) is 3.66. The van der Waals surface area contributed by atoms with Crippen molar-refractivity contribution in [2.45, 2.75) is 0 Å². The maximum Gasteiger partial charge on any atom is 0.279 e. The molecule has 0 radical (unpaired) electrons. The van der Waals surface area contributed by atoms with E-state index in [2.05, 4.69) is 33.4 Å². The second-order valence-electron chi connectivity index (χ2n) is 3.40. The Labute approximate surface area is 122 Å². The largest absolute Gasteiger partial charge is 0.279 e. The van der Waals surface area contributed by atoms with E-state index >= 15 is 0 Å². The monoisotopic (exact) mass is 372 g/mol. The van der Waals surface area contributed by atoms with Gasteiger partial charge in [0.15, 0.2) is 0 Å². The van der Waals surface area contributed by atoms with Gasteiger partial charge in [0.05, 0.1) is 4.88 Å². The van der Waals surface area contributed by atoms with Crippen LogP contribution in [0.5, 0.6) is 0 Å². The topological polar surface area (TPSA) is 58.2 Å². The van der Waals surface area contributed by atoms with Crippen molar-refractivity contribution in [2.75, 3.05) is 0 Å². The highest BCUT2D eigenvalue weighted by atomic mass is 127. The van der Waals surface area contributed by atoms with Crippen molar-refractivity contribution < 1.29 is 9.59 Å². The van der Waals surface area contributed by atoms with Gasteiger partial charge in [0.1, 0.15) is 0 Å². The van der Waals surface area contributed by atoms with Crippen LogP contribution in [0.3, 0.4) is 0 Å². The molecule has 18 heavy (non-hydrogen) atoms. The lowest BCUT2D eigenvalue weighted by Crippen LogP contribution is -2.41. The van der Waals surface area contributed by atoms with Gasteiger partial charge in [-0.05, 0) is 52.2 Å². The molecule has 0 saturated carbocycles. The maximum absolute atomic E-state index is 11.7. The van der Waals surface area contributed by atoms with Gasteiger partial charge >= 0.3 is 0 Å². The van der Waals surface area contributed by atoms with Crippen molar-refractivity contribution in [3.63, 3.8) is 0 Å². The molecule has 0 saturated heterocycles. The zero-order valence-corrected chi connectivity index (χ0v) is 12.1. The van der Waals surface area contributed by atoms with E-state index in [4.69, 9.17) is 0 Å². The minimum Gasteiger partial charge on any atom is -0.267 e. The molecule has 4 nitrogen and oxygen atoms in total. The van der Waals surface area contributed by atoms with Crippen molar-refractivity contribution in [3.8, 4) is 0 Å². The molecule has 6 heteroatoms. The number of hydrogen-bond acceptors (Lipinski definition) is 3. The molecule has 2 N–H and O–H groups in total. The summed E-state index contributed by atoms with van der Waals surface area (Å²) in [5, 5.41) is 1.80. The summed E-state index contributed by atoms with van der Waals surface area (Å²) in [6.07, 6.45) is 0. The number of thiophene rings is 1. The third kappa shape index (κ3) is 3.30. The second-order valence-corrected chi connectivity index (χ2v) is 5.59. The Morgan fingerprint density at radius 1 is 1.06 bits per heavy atom. The van der Waals surface area contributed by atoms with E-state index in [0.29, 0.717) is 10.4 Å². The second kappa shape index (κ2) is 5.96. The first-order valence-electron chi connectivity index (χ1n) is 5.06. The average molecular weight is 372 g/mol. The van der Waals surface area contributed by atoms with Crippen LogP contribution in [0.2, 0.25) is 0 Å². The van der Waals surface area contributed by atoms with E-state index in [1.807, 2.05) is 6.07 Å². The summed E-state index contributed by atoms with van der Waals surface area (Å²) in [7, 11) is 0. The van der Waals surface area contributed by atoms with Crippen molar-refractivity contribution in [1.82, 2.24) is 10.9 Å². The van der Waals surface area contributed by atoms with Crippen molar-refractivity contribution in [1.29, 1.82) is 0 Å². The summed E-state index contributed by atoms with van der Waals surface area (Å²) in [5.41, 5.74) is 5.26. The number of rotatable bonds is 2. The molecule has 0 aliphatic heterocycles. The van der Waals surface area contributed by atoms with Gasteiger partial charge in [-0.15, -0.1) is 11.3 Å². The molecule has 1 aromatic carbocycles. The molecule has 0 spiro atoms. The fourth-order valence-electron chi connectivity index (χ4n) is 1.28. The molecule has 2 amide bonds. The number of benzene rings is 1. The Morgan fingerprint density at radius 3 is 2.50 bits per heavy atom. The predicted octanol–water partition coefficient (Wildman–Crippen LogP) is 2.43. The van der Waals surface area contributed by atoms with Gasteiger partial charge < -0.3 is 0 Å². The van der Waals surface area contributed by atoms with E-state index in [9.17, 15) is 9.59 Å². The first-order chi connectivity index (χ1) is 8.66. The Bertz CT molecular complexity index is 569. The predicted molar refractivity (Wildman–Crippen MR) is 78.4 cm³/mol. The SMILES string of the molecule is O=C(NNC(=O)c1cccs1)c1cccc(I)c1.